The summed E-state index contributed by atoms with van der Waals surface area (Å²) in [5.41, 5.74) is 0. The molecular weight excluding hydrogens is 114 g/mol. The minimum Gasteiger partial charge on any atom is -0.337 e. The highest BCUT2D eigenvalue weighted by molar-refractivity contribution is 6.78. The highest BCUT2D eigenvalue weighted by Gasteiger charge is 2.32. The lowest BCUT2D eigenvalue weighted by Crippen LogP contribution is -2.52. The van der Waals surface area contributed by atoms with E-state index in [2.05, 4.69) is 18.5 Å². The van der Waals surface area contributed by atoms with Crippen molar-refractivity contribution in [3.05, 3.63) is 0 Å². The van der Waals surface area contributed by atoms with E-state index in [-0.39, 0.29) is 0 Å². The summed E-state index contributed by atoms with van der Waals surface area (Å²) in [5.74, 6) is 0. The Labute approximate surface area is 52.6 Å². The van der Waals surface area contributed by atoms with Gasteiger partial charge in [-0.2, -0.15) is 0 Å². The van der Waals surface area contributed by atoms with E-state index in [9.17, 15) is 0 Å². The maximum absolute atomic E-state index is 3.60. The second kappa shape index (κ2) is 2.19. The maximum atomic E-state index is 3.60. The van der Waals surface area contributed by atoms with E-state index in [1.165, 1.54) is 25.1 Å². The van der Waals surface area contributed by atoms with Crippen molar-refractivity contribution in [2.45, 2.75) is 32.0 Å². The third-order valence-corrected chi connectivity index (χ3v) is 6.18. The van der Waals surface area contributed by atoms with Crippen molar-refractivity contribution in [1.29, 1.82) is 0 Å². The fourth-order valence-electron chi connectivity index (χ4n) is 1.31. The van der Waals surface area contributed by atoms with E-state index in [1.807, 2.05) is 0 Å². The van der Waals surface area contributed by atoms with Gasteiger partial charge in [0.05, 0.1) is 0 Å². The fourth-order valence-corrected chi connectivity index (χ4v) is 3.93. The molecule has 0 aliphatic carbocycles. The molecule has 0 bridgehead atoms. The summed E-state index contributed by atoms with van der Waals surface area (Å²) >= 11 is 0. The van der Waals surface area contributed by atoms with Gasteiger partial charge in [0, 0.05) is 0 Å². The summed E-state index contributed by atoms with van der Waals surface area (Å²) < 4.78 is 0. The van der Waals surface area contributed by atoms with Crippen LogP contribution in [0.4, 0.5) is 0 Å². The average Bonchev–Trinajstić information content (AvgIpc) is 1.64. The first kappa shape index (κ1) is 6.30. The summed E-state index contributed by atoms with van der Waals surface area (Å²) in [7, 11) is -0.747. The van der Waals surface area contributed by atoms with Crippen LogP contribution in [0.25, 0.3) is 0 Å². The monoisotopic (exact) mass is 129 g/mol. The predicted molar refractivity (Wildman–Crippen MR) is 39.5 cm³/mol. The van der Waals surface area contributed by atoms with Crippen molar-refractivity contribution >= 4 is 8.24 Å². The second-order valence-corrected chi connectivity index (χ2v) is 7.42. The van der Waals surface area contributed by atoms with Crippen molar-refractivity contribution in [2.24, 2.45) is 0 Å². The molecule has 1 nitrogen and oxygen atoms in total. The molecule has 0 spiro atoms. The number of rotatable bonds is 2. The lowest BCUT2D eigenvalue weighted by Gasteiger charge is -2.36. The molecule has 1 aliphatic rings. The zero-order chi connectivity index (χ0) is 6.04. The minimum atomic E-state index is -0.747. The first-order valence-corrected chi connectivity index (χ1v) is 6.43. The molecule has 1 fully saturated rings. The third kappa shape index (κ3) is 1.12. The van der Waals surface area contributed by atoms with Gasteiger partial charge in [-0.15, -0.1) is 0 Å². The van der Waals surface area contributed by atoms with Crippen LogP contribution in [0.5, 0.6) is 0 Å². The minimum absolute atomic E-state index is 0.747. The Morgan fingerprint density at radius 2 is 2.12 bits per heavy atom. The molecule has 0 unspecified atom stereocenters. The van der Waals surface area contributed by atoms with Gasteiger partial charge in [0.25, 0.3) is 0 Å². The highest BCUT2D eigenvalue weighted by Crippen LogP contribution is 2.28. The lowest BCUT2D eigenvalue weighted by molar-refractivity contribution is 0.808. The topological polar surface area (TPSA) is 12.0 Å². The molecule has 1 heterocycles. The van der Waals surface area contributed by atoms with Crippen LogP contribution in [0.15, 0.2) is 0 Å². The molecule has 0 aromatic heterocycles. The van der Waals surface area contributed by atoms with Gasteiger partial charge in [0.2, 0.25) is 0 Å². The van der Waals surface area contributed by atoms with E-state index in [0.29, 0.717) is 0 Å². The molecule has 0 aromatic rings. The summed E-state index contributed by atoms with van der Waals surface area (Å²) in [4.78, 5) is 3.60. The Morgan fingerprint density at radius 3 is 2.25 bits per heavy atom. The fraction of sp³-hybridized carbons (Fsp3) is 1.00. The van der Waals surface area contributed by atoms with E-state index in [0.717, 1.165) is 0 Å². The average molecular weight is 129 g/mol. The first-order valence-electron chi connectivity index (χ1n) is 3.52. The molecule has 2 heteroatoms. The zero-order valence-corrected chi connectivity index (χ0v) is 6.83. The van der Waals surface area contributed by atoms with Crippen LogP contribution in [0.2, 0.25) is 18.6 Å². The number of hydrogen-bond donors (Lipinski definition) is 1. The molecule has 1 rings (SSSR count). The molecule has 0 radical (unpaired) electrons. The summed E-state index contributed by atoms with van der Waals surface area (Å²) in [5, 5.41) is 0. The van der Waals surface area contributed by atoms with Gasteiger partial charge in [-0.25, -0.2) is 0 Å². The number of nitrogens with one attached hydrogen (secondary N) is 1. The van der Waals surface area contributed by atoms with Gasteiger partial charge < -0.3 is 4.98 Å². The van der Waals surface area contributed by atoms with Crippen LogP contribution in [0.1, 0.15) is 13.3 Å². The van der Waals surface area contributed by atoms with Gasteiger partial charge >= 0.3 is 0 Å². The second-order valence-electron chi connectivity index (χ2n) is 2.94. The molecule has 48 valence electrons. The molecule has 1 aliphatic heterocycles. The normalized spacial score (nSPS) is 24.8. The summed E-state index contributed by atoms with van der Waals surface area (Å²) in [6.45, 7) is 5.83. The highest BCUT2D eigenvalue weighted by atomic mass is 28.3. The van der Waals surface area contributed by atoms with E-state index < -0.39 is 8.24 Å². The van der Waals surface area contributed by atoms with Gasteiger partial charge in [-0.05, 0) is 18.6 Å². The molecule has 0 saturated carbocycles. The van der Waals surface area contributed by atoms with Crippen molar-refractivity contribution < 1.29 is 0 Å². The van der Waals surface area contributed by atoms with E-state index in [1.54, 1.807) is 0 Å². The van der Waals surface area contributed by atoms with Crippen molar-refractivity contribution in [3.63, 3.8) is 0 Å². The van der Waals surface area contributed by atoms with Crippen LogP contribution in [0, 0.1) is 0 Å². The van der Waals surface area contributed by atoms with Gasteiger partial charge in [0.15, 0.2) is 0 Å². The molecule has 1 saturated heterocycles. The van der Waals surface area contributed by atoms with E-state index in [4.69, 9.17) is 0 Å². The van der Waals surface area contributed by atoms with Gasteiger partial charge in [-0.1, -0.05) is 19.9 Å². The van der Waals surface area contributed by atoms with Gasteiger partial charge in [0.1, 0.15) is 8.24 Å². The molecule has 1 N–H and O–H groups in total. The predicted octanol–water partition coefficient (Wildman–Crippen LogP) is 1.57. The molecule has 0 atom stereocenters. The van der Waals surface area contributed by atoms with Crippen LogP contribution < -0.4 is 4.98 Å². The lowest BCUT2D eigenvalue weighted by atomic mass is 10.5. The van der Waals surface area contributed by atoms with Crippen LogP contribution in [0.3, 0.4) is 0 Å². The van der Waals surface area contributed by atoms with Crippen molar-refractivity contribution in [3.8, 4) is 0 Å². The molecule has 0 amide bonds. The Morgan fingerprint density at radius 1 is 1.50 bits per heavy atom. The van der Waals surface area contributed by atoms with Gasteiger partial charge in [-0.3, -0.25) is 0 Å². The van der Waals surface area contributed by atoms with E-state index >= 15 is 0 Å². The molecule has 0 aromatic carbocycles. The number of hydrogen-bond acceptors (Lipinski definition) is 1. The largest absolute Gasteiger partial charge is 0.337 e. The van der Waals surface area contributed by atoms with Crippen molar-refractivity contribution in [1.82, 2.24) is 4.98 Å². The smallest absolute Gasteiger partial charge is 0.122 e. The summed E-state index contributed by atoms with van der Waals surface area (Å²) in [6, 6.07) is 3.03. The quantitative estimate of drug-likeness (QED) is 0.558. The van der Waals surface area contributed by atoms with Crippen LogP contribution in [-0.4, -0.2) is 14.8 Å². The SMILES string of the molecule is CCN[Si]1(C)CCC1. The Kier molecular flexibility index (Phi) is 1.73. The van der Waals surface area contributed by atoms with Crippen LogP contribution >= 0.6 is 0 Å². The molecule has 8 heavy (non-hydrogen) atoms. The Hall–Kier alpha value is 0.177. The Bertz CT molecular complexity index is 78.6. The first-order chi connectivity index (χ1) is 3.77. The maximum Gasteiger partial charge on any atom is 0.122 e. The van der Waals surface area contributed by atoms with Crippen LogP contribution in [-0.2, 0) is 0 Å². The molecular formula is C6H15NSi. The third-order valence-electron chi connectivity index (χ3n) is 2.06. The standard InChI is InChI=1S/C6H15NSi/c1-3-7-8(2)5-4-6-8/h7H,3-6H2,1-2H3. The summed E-state index contributed by atoms with van der Waals surface area (Å²) in [6.07, 6.45) is 1.48. The zero-order valence-electron chi connectivity index (χ0n) is 5.83. The Balaban J connectivity index is 2.20. The van der Waals surface area contributed by atoms with Crippen molar-refractivity contribution in [2.75, 3.05) is 6.54 Å².